The van der Waals surface area contributed by atoms with Crippen LogP contribution in [0.1, 0.15) is 44.6 Å². The number of thioether (sulfide) groups is 1. The standard InChI is InChI=1S/C27H28ClF3N2O3S/c1-2-18(11-15-3-4-15)32-10-9-19(34)14-37-25-24(21-13-17(28)6-8-23(21)35)20-12-16(27(29,30)31)5-7-22(20)33-26(25)36/h5-8,12-13,15,18,32,35H,2-4,9-11,14H2,1H3,(H,33,36). The summed E-state index contributed by atoms with van der Waals surface area (Å²) in [5, 5.41) is 14.3. The van der Waals surface area contributed by atoms with Crippen LogP contribution in [0.2, 0.25) is 5.02 Å². The molecule has 4 rings (SSSR count). The number of nitrogens with one attached hydrogen (secondary N) is 2. The smallest absolute Gasteiger partial charge is 0.416 e. The van der Waals surface area contributed by atoms with E-state index in [-0.39, 0.29) is 55.7 Å². The van der Waals surface area contributed by atoms with Gasteiger partial charge in [-0.1, -0.05) is 31.4 Å². The average Bonchev–Trinajstić information content (AvgIpc) is 3.66. The van der Waals surface area contributed by atoms with Gasteiger partial charge in [0, 0.05) is 46.1 Å². The van der Waals surface area contributed by atoms with Crippen molar-refractivity contribution in [2.75, 3.05) is 12.3 Å². The Bertz CT molecular complexity index is 1360. The van der Waals surface area contributed by atoms with Gasteiger partial charge in [0.05, 0.1) is 16.2 Å². The summed E-state index contributed by atoms with van der Waals surface area (Å²) in [5.74, 6) is 0.404. The molecule has 1 saturated carbocycles. The van der Waals surface area contributed by atoms with Crippen molar-refractivity contribution in [3.8, 4) is 16.9 Å². The van der Waals surface area contributed by atoms with E-state index >= 15 is 0 Å². The number of carbonyl (C=O) groups is 1. The van der Waals surface area contributed by atoms with E-state index < -0.39 is 17.3 Å². The molecule has 0 amide bonds. The summed E-state index contributed by atoms with van der Waals surface area (Å²) in [6.45, 7) is 2.64. The Balaban J connectivity index is 1.63. The first-order chi connectivity index (χ1) is 17.6. The third-order valence-corrected chi connectivity index (χ3v) is 7.93. The molecule has 1 aliphatic rings. The van der Waals surface area contributed by atoms with Crippen LogP contribution in [0.15, 0.2) is 46.1 Å². The zero-order valence-corrected chi connectivity index (χ0v) is 21.8. The summed E-state index contributed by atoms with van der Waals surface area (Å²) in [5.41, 5.74) is -1.06. The number of ketones is 1. The monoisotopic (exact) mass is 552 g/mol. The summed E-state index contributed by atoms with van der Waals surface area (Å²) < 4.78 is 40.5. The van der Waals surface area contributed by atoms with Crippen LogP contribution in [0.4, 0.5) is 13.2 Å². The number of carbonyl (C=O) groups excluding carboxylic acids is 1. The number of phenols is 1. The minimum Gasteiger partial charge on any atom is -0.507 e. The molecule has 1 aromatic heterocycles. The molecule has 0 bridgehead atoms. The molecule has 1 unspecified atom stereocenters. The van der Waals surface area contributed by atoms with Crippen LogP contribution < -0.4 is 10.9 Å². The highest BCUT2D eigenvalue weighted by Crippen LogP contribution is 2.42. The number of alkyl halides is 3. The Hall–Kier alpha value is -2.49. The molecular formula is C27H28ClF3N2O3S. The number of aromatic amines is 1. The van der Waals surface area contributed by atoms with Gasteiger partial charge in [-0.05, 0) is 55.2 Å². The van der Waals surface area contributed by atoms with Gasteiger partial charge in [-0.25, -0.2) is 0 Å². The van der Waals surface area contributed by atoms with Gasteiger partial charge in [0.25, 0.3) is 5.56 Å². The van der Waals surface area contributed by atoms with E-state index in [1.165, 1.54) is 37.1 Å². The SMILES string of the molecule is CCC(CC1CC1)NCCC(=O)CSc1c(-c2cc(Cl)ccc2O)c2cc(C(F)(F)F)ccc2[nH]c1=O. The summed E-state index contributed by atoms with van der Waals surface area (Å²) in [6.07, 6.45) is 0.294. The van der Waals surface area contributed by atoms with E-state index in [1.807, 2.05) is 0 Å². The third-order valence-electron chi connectivity index (χ3n) is 6.55. The molecule has 1 atom stereocenters. The maximum atomic E-state index is 13.5. The van der Waals surface area contributed by atoms with E-state index in [0.29, 0.717) is 12.6 Å². The first-order valence-electron chi connectivity index (χ1n) is 12.2. The predicted octanol–water partition coefficient (Wildman–Crippen LogP) is 6.79. The third kappa shape index (κ3) is 6.89. The van der Waals surface area contributed by atoms with Crippen molar-refractivity contribution in [1.29, 1.82) is 0 Å². The van der Waals surface area contributed by atoms with Crippen molar-refractivity contribution < 1.29 is 23.1 Å². The molecule has 198 valence electrons. The lowest BCUT2D eigenvalue weighted by molar-refractivity contribution is -0.137. The first kappa shape index (κ1) is 27.5. The maximum absolute atomic E-state index is 13.5. The molecule has 10 heteroatoms. The summed E-state index contributed by atoms with van der Waals surface area (Å²) in [6, 6.07) is 7.52. The number of hydrogen-bond acceptors (Lipinski definition) is 5. The number of aromatic hydroxyl groups is 1. The van der Waals surface area contributed by atoms with E-state index in [1.54, 1.807) is 0 Å². The number of Topliss-reactive ketones (excluding diaryl/α,β-unsaturated/α-hetero) is 1. The van der Waals surface area contributed by atoms with Crippen LogP contribution in [-0.4, -0.2) is 34.2 Å². The van der Waals surface area contributed by atoms with Gasteiger partial charge in [0.15, 0.2) is 0 Å². The van der Waals surface area contributed by atoms with Crippen LogP contribution in [0.5, 0.6) is 5.75 Å². The number of aromatic nitrogens is 1. The van der Waals surface area contributed by atoms with Crippen LogP contribution in [0.25, 0.3) is 22.0 Å². The van der Waals surface area contributed by atoms with Crippen molar-refractivity contribution in [2.45, 2.75) is 56.1 Å². The topological polar surface area (TPSA) is 82.2 Å². The fourth-order valence-corrected chi connectivity index (χ4v) is 5.52. The number of hydrogen-bond donors (Lipinski definition) is 3. The van der Waals surface area contributed by atoms with Gasteiger partial charge in [-0.15, -0.1) is 11.8 Å². The summed E-state index contributed by atoms with van der Waals surface area (Å²) in [7, 11) is 0. The number of pyridine rings is 1. The van der Waals surface area contributed by atoms with Crippen LogP contribution in [0.3, 0.4) is 0 Å². The average molecular weight is 553 g/mol. The second kappa shape index (κ2) is 11.5. The number of rotatable bonds is 11. The van der Waals surface area contributed by atoms with E-state index in [0.717, 1.165) is 42.7 Å². The zero-order valence-electron chi connectivity index (χ0n) is 20.3. The fourth-order valence-electron chi connectivity index (χ4n) is 4.36. The molecule has 0 saturated heterocycles. The molecule has 1 aliphatic carbocycles. The summed E-state index contributed by atoms with van der Waals surface area (Å²) >= 11 is 7.07. The summed E-state index contributed by atoms with van der Waals surface area (Å²) in [4.78, 5) is 28.3. The molecule has 0 spiro atoms. The van der Waals surface area contributed by atoms with Crippen molar-refractivity contribution in [3.05, 3.63) is 57.3 Å². The molecule has 1 fully saturated rings. The zero-order chi connectivity index (χ0) is 26.7. The van der Waals surface area contributed by atoms with Gasteiger partial charge in [0.1, 0.15) is 11.5 Å². The van der Waals surface area contributed by atoms with Gasteiger partial charge in [0.2, 0.25) is 0 Å². The van der Waals surface area contributed by atoms with Crippen molar-refractivity contribution in [3.63, 3.8) is 0 Å². The predicted molar refractivity (Wildman–Crippen MR) is 141 cm³/mol. The van der Waals surface area contributed by atoms with Crippen molar-refractivity contribution >= 4 is 40.0 Å². The number of phenolic OH excluding ortho intramolecular Hbond substituents is 1. The molecule has 2 aromatic carbocycles. The van der Waals surface area contributed by atoms with Gasteiger partial charge in [-0.2, -0.15) is 13.2 Å². The van der Waals surface area contributed by atoms with Crippen LogP contribution in [-0.2, 0) is 11.0 Å². The number of H-pyrrole nitrogens is 1. The van der Waals surface area contributed by atoms with Gasteiger partial charge in [-0.3, -0.25) is 9.59 Å². The molecule has 3 aromatic rings. The normalized spacial score (nSPS) is 14.7. The van der Waals surface area contributed by atoms with Crippen LogP contribution >= 0.6 is 23.4 Å². The van der Waals surface area contributed by atoms with Crippen molar-refractivity contribution in [1.82, 2.24) is 10.3 Å². The first-order valence-corrected chi connectivity index (χ1v) is 13.6. The van der Waals surface area contributed by atoms with E-state index in [9.17, 15) is 27.9 Å². The largest absolute Gasteiger partial charge is 0.507 e. The number of benzene rings is 2. The molecule has 1 heterocycles. The second-order valence-corrected chi connectivity index (χ2v) is 10.8. The highest BCUT2D eigenvalue weighted by atomic mass is 35.5. The lowest BCUT2D eigenvalue weighted by Crippen LogP contribution is -2.31. The van der Waals surface area contributed by atoms with E-state index in [2.05, 4.69) is 17.2 Å². The van der Waals surface area contributed by atoms with Crippen molar-refractivity contribution in [2.24, 2.45) is 5.92 Å². The highest BCUT2D eigenvalue weighted by Gasteiger charge is 2.31. The maximum Gasteiger partial charge on any atom is 0.416 e. The molecule has 5 nitrogen and oxygen atoms in total. The lowest BCUT2D eigenvalue weighted by Gasteiger charge is -2.17. The van der Waals surface area contributed by atoms with Gasteiger partial charge < -0.3 is 15.4 Å². The number of fused-ring (bicyclic) bond motifs is 1. The minimum atomic E-state index is -4.61. The van der Waals surface area contributed by atoms with E-state index in [4.69, 9.17) is 11.6 Å². The Labute approximate surface area is 221 Å². The molecule has 37 heavy (non-hydrogen) atoms. The Morgan fingerprint density at radius 1 is 1.24 bits per heavy atom. The second-order valence-electron chi connectivity index (χ2n) is 9.39. The quantitative estimate of drug-likeness (QED) is 0.228. The fraction of sp³-hybridized carbons (Fsp3) is 0.407. The Kier molecular flexibility index (Phi) is 8.56. The molecule has 0 radical (unpaired) electrons. The molecule has 3 N–H and O–H groups in total. The number of halogens is 4. The molecule has 0 aliphatic heterocycles. The highest BCUT2D eigenvalue weighted by molar-refractivity contribution is 8.00. The lowest BCUT2D eigenvalue weighted by atomic mass is 9.98. The van der Waals surface area contributed by atoms with Crippen LogP contribution in [0, 0.1) is 5.92 Å². The Morgan fingerprint density at radius 2 is 2.00 bits per heavy atom. The molecular weight excluding hydrogens is 525 g/mol. The Morgan fingerprint density at radius 3 is 2.68 bits per heavy atom. The van der Waals surface area contributed by atoms with Gasteiger partial charge >= 0.3 is 6.18 Å². The minimum absolute atomic E-state index is 0.0387.